The lowest BCUT2D eigenvalue weighted by molar-refractivity contribution is 0.0168. The molecule has 0 heterocycles. The van der Waals surface area contributed by atoms with E-state index in [-0.39, 0.29) is 5.56 Å². The van der Waals surface area contributed by atoms with E-state index in [1.807, 2.05) is 27.7 Å². The maximum atomic E-state index is 12.7. The maximum absolute atomic E-state index is 12.7. The molecule has 33 heavy (non-hydrogen) atoms. The van der Waals surface area contributed by atoms with Crippen LogP contribution in [0.4, 0.5) is 8.78 Å². The van der Waals surface area contributed by atoms with Crippen LogP contribution in [-0.2, 0) is 18.8 Å². The number of aryl methyl sites for hydroxylation is 5. The highest BCUT2D eigenvalue weighted by Crippen LogP contribution is 2.28. The summed E-state index contributed by atoms with van der Waals surface area (Å²) in [6.07, 6.45) is 2.29. The standard InChI is InChI=1S/C10H14.C9H10F2.C8H10.2C2H6/c1-3-9-6-5-7-10(4-2)8-9;1-7-5-3-4-6-8(7)9(2,10)11;1-7-5-3-4-6-8(7)2;2*1-2/h5-8H,3-4H2,1-2H3;3-6H,1-2H3;3-6H,1-2H3;2*1-2H3. The molecule has 0 saturated carbocycles. The molecule has 0 atom stereocenters. The summed E-state index contributed by atoms with van der Waals surface area (Å²) >= 11 is 0. The summed E-state index contributed by atoms with van der Waals surface area (Å²) in [4.78, 5) is 0. The molecule has 0 saturated heterocycles. The average Bonchev–Trinajstić information content (AvgIpc) is 2.84. The topological polar surface area (TPSA) is 0 Å². The van der Waals surface area contributed by atoms with Crippen molar-refractivity contribution in [1.29, 1.82) is 0 Å². The van der Waals surface area contributed by atoms with Crippen molar-refractivity contribution in [2.24, 2.45) is 0 Å². The van der Waals surface area contributed by atoms with E-state index in [1.54, 1.807) is 25.1 Å². The van der Waals surface area contributed by atoms with Gasteiger partial charge in [0.05, 0.1) is 0 Å². The summed E-state index contributed by atoms with van der Waals surface area (Å²) < 4.78 is 25.4. The van der Waals surface area contributed by atoms with Gasteiger partial charge in [-0.15, -0.1) is 0 Å². The van der Waals surface area contributed by atoms with Crippen molar-refractivity contribution in [3.05, 3.63) is 106 Å². The van der Waals surface area contributed by atoms with Gasteiger partial charge in [-0.25, -0.2) is 8.78 Å². The molecule has 2 heteroatoms. The van der Waals surface area contributed by atoms with Crippen LogP contribution in [0.2, 0.25) is 0 Å². The van der Waals surface area contributed by atoms with Crippen LogP contribution in [0.5, 0.6) is 0 Å². The molecule has 0 aliphatic rings. The first-order valence-corrected chi connectivity index (χ1v) is 12.2. The van der Waals surface area contributed by atoms with Gasteiger partial charge in [0.25, 0.3) is 5.92 Å². The summed E-state index contributed by atoms with van der Waals surface area (Å²) in [7, 11) is 0. The number of alkyl halides is 2. The van der Waals surface area contributed by atoms with Crippen LogP contribution in [0.3, 0.4) is 0 Å². The first kappa shape index (κ1) is 32.7. The molecular formula is C31H46F2. The second-order valence-corrected chi connectivity index (χ2v) is 7.31. The molecule has 3 aromatic carbocycles. The Hall–Kier alpha value is -2.48. The molecule has 0 N–H and O–H groups in total. The number of hydrogen-bond acceptors (Lipinski definition) is 0. The Kier molecular flexibility index (Phi) is 18.9. The molecular weight excluding hydrogens is 410 g/mol. The first-order valence-electron chi connectivity index (χ1n) is 12.2. The largest absolute Gasteiger partial charge is 0.270 e. The van der Waals surface area contributed by atoms with Crippen LogP contribution in [0.15, 0.2) is 72.8 Å². The zero-order valence-corrected chi connectivity index (χ0v) is 22.6. The lowest BCUT2D eigenvalue weighted by atomic mass is 10.0. The Morgan fingerprint density at radius 3 is 1.21 bits per heavy atom. The number of rotatable bonds is 3. The van der Waals surface area contributed by atoms with Gasteiger partial charge in [-0.3, -0.25) is 0 Å². The Bertz CT molecular complexity index is 820. The third-order valence-corrected chi connectivity index (χ3v) is 4.85. The average molecular weight is 457 g/mol. The first-order chi connectivity index (χ1) is 15.7. The minimum absolute atomic E-state index is 0.111. The third kappa shape index (κ3) is 14.3. The smallest absolute Gasteiger partial charge is 0.202 e. The van der Waals surface area contributed by atoms with E-state index in [0.29, 0.717) is 5.56 Å². The Morgan fingerprint density at radius 1 is 0.576 bits per heavy atom. The molecule has 0 aliphatic heterocycles. The molecule has 0 aliphatic carbocycles. The van der Waals surface area contributed by atoms with Gasteiger partial charge in [-0.05, 0) is 61.4 Å². The summed E-state index contributed by atoms with van der Waals surface area (Å²) in [5, 5.41) is 0. The number of benzene rings is 3. The second kappa shape index (κ2) is 19.0. The number of halogens is 2. The normalized spacial score (nSPS) is 9.45. The summed E-state index contributed by atoms with van der Waals surface area (Å²) in [6, 6.07) is 23.7. The molecule has 0 fully saturated rings. The van der Waals surface area contributed by atoms with Crippen molar-refractivity contribution in [1.82, 2.24) is 0 Å². The molecule has 0 nitrogen and oxygen atoms in total. The fraction of sp³-hybridized carbons (Fsp3) is 0.419. The highest BCUT2D eigenvalue weighted by Gasteiger charge is 2.25. The van der Waals surface area contributed by atoms with Crippen molar-refractivity contribution in [3.8, 4) is 0 Å². The monoisotopic (exact) mass is 456 g/mol. The molecule has 0 radical (unpaired) electrons. The van der Waals surface area contributed by atoms with Gasteiger partial charge in [0.1, 0.15) is 0 Å². The van der Waals surface area contributed by atoms with Crippen LogP contribution in [0, 0.1) is 20.8 Å². The predicted octanol–water partition coefficient (Wildman–Crippen LogP) is 10.3. The van der Waals surface area contributed by atoms with Gasteiger partial charge in [0.15, 0.2) is 0 Å². The third-order valence-electron chi connectivity index (χ3n) is 4.85. The minimum atomic E-state index is -2.72. The van der Waals surface area contributed by atoms with E-state index < -0.39 is 5.92 Å². The highest BCUT2D eigenvalue weighted by molar-refractivity contribution is 5.29. The van der Waals surface area contributed by atoms with E-state index in [2.05, 4.69) is 76.2 Å². The molecule has 0 bridgehead atoms. The second-order valence-electron chi connectivity index (χ2n) is 7.31. The quantitative estimate of drug-likeness (QED) is 0.368. The Labute approximate surface area is 203 Å². The van der Waals surface area contributed by atoms with Crippen LogP contribution in [0.1, 0.15) is 81.8 Å². The van der Waals surface area contributed by atoms with Gasteiger partial charge in [-0.1, -0.05) is 114 Å². The van der Waals surface area contributed by atoms with E-state index in [1.165, 1.54) is 28.3 Å². The Morgan fingerprint density at radius 2 is 0.939 bits per heavy atom. The summed E-state index contributed by atoms with van der Waals surface area (Å²) in [6.45, 7) is 19.2. The molecule has 0 aromatic heterocycles. The predicted molar refractivity (Wildman–Crippen MR) is 145 cm³/mol. The summed E-state index contributed by atoms with van der Waals surface area (Å²) in [5.74, 6) is -2.72. The van der Waals surface area contributed by atoms with Crippen LogP contribution in [0.25, 0.3) is 0 Å². The van der Waals surface area contributed by atoms with Crippen molar-refractivity contribution >= 4 is 0 Å². The maximum Gasteiger partial charge on any atom is 0.270 e. The Balaban J connectivity index is 0. The van der Waals surface area contributed by atoms with Crippen LogP contribution in [-0.4, -0.2) is 0 Å². The lowest BCUT2D eigenvalue weighted by Crippen LogP contribution is -2.08. The van der Waals surface area contributed by atoms with Crippen LogP contribution >= 0.6 is 0 Å². The molecule has 0 spiro atoms. The highest BCUT2D eigenvalue weighted by atomic mass is 19.3. The van der Waals surface area contributed by atoms with E-state index in [9.17, 15) is 8.78 Å². The van der Waals surface area contributed by atoms with E-state index in [4.69, 9.17) is 0 Å². The van der Waals surface area contributed by atoms with Gasteiger partial charge in [0, 0.05) is 12.5 Å². The van der Waals surface area contributed by atoms with Gasteiger partial charge in [0.2, 0.25) is 0 Å². The van der Waals surface area contributed by atoms with Crippen molar-refractivity contribution in [3.63, 3.8) is 0 Å². The van der Waals surface area contributed by atoms with E-state index in [0.717, 1.165) is 19.8 Å². The fourth-order valence-corrected chi connectivity index (χ4v) is 2.80. The molecule has 3 aromatic rings. The van der Waals surface area contributed by atoms with Crippen LogP contribution < -0.4 is 0 Å². The molecule has 3 rings (SSSR count). The van der Waals surface area contributed by atoms with Gasteiger partial charge in [-0.2, -0.15) is 0 Å². The van der Waals surface area contributed by atoms with E-state index >= 15 is 0 Å². The molecule has 0 unspecified atom stereocenters. The summed E-state index contributed by atoms with van der Waals surface area (Å²) in [5.41, 5.74) is 6.37. The van der Waals surface area contributed by atoms with Gasteiger partial charge >= 0.3 is 0 Å². The van der Waals surface area contributed by atoms with Crippen molar-refractivity contribution in [2.75, 3.05) is 0 Å². The van der Waals surface area contributed by atoms with Crippen molar-refractivity contribution < 1.29 is 8.78 Å². The SMILES string of the molecule is CC.CC.CCc1cccc(CC)c1.Cc1ccccc1C.Cc1ccccc1C(C)(F)F. The fourth-order valence-electron chi connectivity index (χ4n) is 2.80. The zero-order valence-electron chi connectivity index (χ0n) is 22.6. The number of hydrogen-bond donors (Lipinski definition) is 0. The van der Waals surface area contributed by atoms with Gasteiger partial charge < -0.3 is 0 Å². The van der Waals surface area contributed by atoms with Crippen molar-refractivity contribution in [2.45, 2.75) is 88.0 Å². The molecule has 184 valence electrons. The lowest BCUT2D eigenvalue weighted by Gasteiger charge is -2.12. The minimum Gasteiger partial charge on any atom is -0.202 e. The zero-order chi connectivity index (χ0) is 25.9. The molecule has 0 amide bonds.